The van der Waals surface area contributed by atoms with Gasteiger partial charge >= 0.3 is 11.9 Å². The molecule has 0 aliphatic rings. The Morgan fingerprint density at radius 1 is 1.14 bits per heavy atom. The van der Waals surface area contributed by atoms with E-state index in [0.717, 1.165) is 11.3 Å². The second-order valence-corrected chi connectivity index (χ2v) is 8.15. The van der Waals surface area contributed by atoms with Crippen LogP contribution in [0.15, 0.2) is 46.3 Å². The number of nitrogens with zero attached hydrogens (tertiary/aromatic N) is 2. The van der Waals surface area contributed by atoms with Gasteiger partial charge in [-0.2, -0.15) is 4.99 Å². The molecule has 0 bridgehead atoms. The quantitative estimate of drug-likeness (QED) is 0.109. The number of carbonyl (C=O) groups is 2. The SMILES string of the molecule is CC(C)C[C@H](N)C(=O)O.Cc1ccc(N=C=O)cc1.Cc1cnco1.N=C(N)NCCC[C@H](N)C(=O)O. The Morgan fingerprint density at radius 2 is 1.70 bits per heavy atom. The summed E-state index contributed by atoms with van der Waals surface area (Å²) in [4.78, 5) is 37.2. The van der Waals surface area contributed by atoms with E-state index in [-0.39, 0.29) is 5.96 Å². The summed E-state index contributed by atoms with van der Waals surface area (Å²) < 4.78 is 4.72. The highest BCUT2D eigenvalue weighted by Gasteiger charge is 2.12. The fourth-order valence-electron chi connectivity index (χ4n) is 2.23. The molecular weight excluding hydrogens is 482 g/mol. The number of nitrogens with one attached hydrogen (secondary N) is 2. The molecule has 37 heavy (non-hydrogen) atoms. The lowest BCUT2D eigenvalue weighted by Gasteiger charge is -2.07. The number of aliphatic imine (C=N–C) groups is 1. The minimum Gasteiger partial charge on any atom is -0.480 e. The molecule has 0 radical (unpaired) electrons. The van der Waals surface area contributed by atoms with Crippen molar-refractivity contribution in [1.82, 2.24) is 10.3 Å². The Morgan fingerprint density at radius 3 is 2.03 bits per heavy atom. The molecule has 2 aromatic rings. The largest absolute Gasteiger partial charge is 0.480 e. The molecule has 0 saturated carbocycles. The summed E-state index contributed by atoms with van der Waals surface area (Å²) >= 11 is 0. The van der Waals surface area contributed by atoms with E-state index >= 15 is 0 Å². The van der Waals surface area contributed by atoms with E-state index < -0.39 is 24.0 Å². The number of carboxylic acid groups (broad SMARTS) is 2. The van der Waals surface area contributed by atoms with Crippen molar-refractivity contribution < 1.29 is 29.0 Å². The van der Waals surface area contributed by atoms with E-state index in [9.17, 15) is 14.4 Å². The number of hydrogen-bond donors (Lipinski definition) is 7. The van der Waals surface area contributed by atoms with Crippen molar-refractivity contribution in [1.29, 1.82) is 5.41 Å². The van der Waals surface area contributed by atoms with Crippen molar-refractivity contribution in [3.8, 4) is 0 Å². The first-order valence-corrected chi connectivity index (χ1v) is 11.3. The third kappa shape index (κ3) is 23.5. The number of aryl methyl sites for hydroxylation is 2. The summed E-state index contributed by atoms with van der Waals surface area (Å²) in [5.74, 6) is -0.813. The number of aliphatic carboxylic acids is 2. The van der Waals surface area contributed by atoms with Gasteiger partial charge < -0.3 is 37.1 Å². The van der Waals surface area contributed by atoms with Crippen LogP contribution in [0.5, 0.6) is 0 Å². The van der Waals surface area contributed by atoms with Gasteiger partial charge in [0.15, 0.2) is 12.4 Å². The van der Waals surface area contributed by atoms with Crippen LogP contribution in [0.1, 0.15) is 44.4 Å². The topological polar surface area (TPSA) is 244 Å². The number of guanidine groups is 1. The minimum atomic E-state index is -1.00. The fraction of sp³-hybridized carbons (Fsp3) is 0.458. The molecule has 13 heteroatoms. The fourth-order valence-corrected chi connectivity index (χ4v) is 2.23. The van der Waals surface area contributed by atoms with Crippen molar-refractivity contribution in [3.63, 3.8) is 0 Å². The number of hydrogen-bond acceptors (Lipinski definition) is 9. The smallest absolute Gasteiger partial charge is 0.320 e. The van der Waals surface area contributed by atoms with E-state index in [0.29, 0.717) is 37.4 Å². The van der Waals surface area contributed by atoms with Crippen LogP contribution in [-0.4, -0.2) is 57.8 Å². The Kier molecular flexibility index (Phi) is 20.2. The number of carboxylic acids is 2. The number of rotatable bonds is 9. The lowest BCUT2D eigenvalue weighted by molar-refractivity contribution is -0.139. The summed E-state index contributed by atoms with van der Waals surface area (Å²) in [5, 5.41) is 26.0. The zero-order valence-corrected chi connectivity index (χ0v) is 21.7. The van der Waals surface area contributed by atoms with Crippen molar-refractivity contribution >= 4 is 29.7 Å². The van der Waals surface area contributed by atoms with E-state index in [4.69, 9.17) is 37.2 Å². The molecule has 0 spiro atoms. The summed E-state index contributed by atoms with van der Waals surface area (Å²) in [6, 6.07) is 5.84. The first kappa shape index (κ1) is 35.1. The maximum atomic E-state index is 10.2. The molecule has 0 saturated heterocycles. The summed E-state index contributed by atoms with van der Waals surface area (Å²) in [5.41, 5.74) is 17.2. The minimum absolute atomic E-state index is 0.112. The molecule has 0 fully saturated rings. The van der Waals surface area contributed by atoms with Gasteiger partial charge in [-0.1, -0.05) is 31.5 Å². The monoisotopic (exact) mass is 521 g/mol. The van der Waals surface area contributed by atoms with Crippen LogP contribution in [0.3, 0.4) is 0 Å². The summed E-state index contributed by atoms with van der Waals surface area (Å²) in [7, 11) is 0. The van der Waals surface area contributed by atoms with Gasteiger partial charge in [0.05, 0.1) is 11.9 Å². The lowest BCUT2D eigenvalue weighted by atomic mass is 10.1. The molecule has 2 rings (SSSR count). The predicted octanol–water partition coefficient (Wildman–Crippen LogP) is 2.05. The zero-order chi connectivity index (χ0) is 28.8. The molecule has 206 valence electrons. The number of aromatic nitrogens is 1. The summed E-state index contributed by atoms with van der Waals surface area (Å²) in [6.07, 6.45) is 6.08. The Hall–Kier alpha value is -4.06. The van der Waals surface area contributed by atoms with Gasteiger partial charge in [0.2, 0.25) is 6.08 Å². The second kappa shape index (κ2) is 21.2. The van der Waals surface area contributed by atoms with Gasteiger partial charge in [-0.15, -0.1) is 0 Å². The third-order valence-corrected chi connectivity index (χ3v) is 4.13. The molecule has 0 amide bonds. The average molecular weight is 522 g/mol. The molecule has 1 aromatic carbocycles. The number of oxazole rings is 1. The number of nitrogens with two attached hydrogens (primary N) is 3. The summed E-state index contributed by atoms with van der Waals surface area (Å²) in [6.45, 7) is 8.21. The molecule has 1 heterocycles. The normalized spacial score (nSPS) is 11.0. The van der Waals surface area contributed by atoms with Crippen LogP contribution >= 0.6 is 0 Å². The molecule has 10 N–H and O–H groups in total. The highest BCUT2D eigenvalue weighted by Crippen LogP contribution is 2.10. The average Bonchev–Trinajstić information content (AvgIpc) is 3.30. The van der Waals surface area contributed by atoms with Crippen molar-refractivity contribution in [2.75, 3.05) is 6.54 Å². The van der Waals surface area contributed by atoms with E-state index in [1.165, 1.54) is 12.5 Å². The van der Waals surface area contributed by atoms with Crippen LogP contribution in [0.25, 0.3) is 0 Å². The van der Waals surface area contributed by atoms with Gasteiger partial charge in [-0.3, -0.25) is 15.0 Å². The predicted molar refractivity (Wildman–Crippen MR) is 140 cm³/mol. The van der Waals surface area contributed by atoms with E-state index in [2.05, 4.69) is 15.3 Å². The maximum absolute atomic E-state index is 10.2. The molecule has 2 atom stereocenters. The van der Waals surface area contributed by atoms with E-state index in [1.807, 2.05) is 39.8 Å². The molecule has 0 aliphatic carbocycles. The van der Waals surface area contributed by atoms with Crippen molar-refractivity contribution in [2.45, 2.75) is 59.0 Å². The van der Waals surface area contributed by atoms with Crippen LogP contribution in [0, 0.1) is 25.2 Å². The number of isocyanates is 1. The van der Waals surface area contributed by atoms with Crippen LogP contribution in [-0.2, 0) is 14.4 Å². The highest BCUT2D eigenvalue weighted by molar-refractivity contribution is 5.74. The molecule has 0 aliphatic heterocycles. The molecule has 13 nitrogen and oxygen atoms in total. The zero-order valence-electron chi connectivity index (χ0n) is 21.7. The van der Waals surface area contributed by atoms with Crippen molar-refractivity contribution in [2.24, 2.45) is 28.1 Å². The van der Waals surface area contributed by atoms with Crippen LogP contribution in [0.2, 0.25) is 0 Å². The second-order valence-electron chi connectivity index (χ2n) is 8.15. The van der Waals surface area contributed by atoms with Gasteiger partial charge in [0.25, 0.3) is 0 Å². The molecular formula is C24H39N7O6. The van der Waals surface area contributed by atoms with Gasteiger partial charge in [-0.05, 0) is 51.2 Å². The Bertz CT molecular complexity index is 943. The third-order valence-electron chi connectivity index (χ3n) is 4.13. The maximum Gasteiger partial charge on any atom is 0.320 e. The van der Waals surface area contributed by atoms with Gasteiger partial charge in [0, 0.05) is 6.54 Å². The number of benzene rings is 1. The van der Waals surface area contributed by atoms with Crippen LogP contribution < -0.4 is 22.5 Å². The Labute approximate surface area is 216 Å². The van der Waals surface area contributed by atoms with Gasteiger partial charge in [-0.25, -0.2) is 9.78 Å². The number of carbonyl (C=O) groups excluding carboxylic acids is 1. The molecule has 1 aromatic heterocycles. The first-order chi connectivity index (χ1) is 17.3. The first-order valence-electron chi connectivity index (χ1n) is 11.3. The van der Waals surface area contributed by atoms with E-state index in [1.54, 1.807) is 18.3 Å². The van der Waals surface area contributed by atoms with Crippen LogP contribution in [0.4, 0.5) is 5.69 Å². The Balaban J connectivity index is 0. The lowest BCUT2D eigenvalue weighted by Crippen LogP contribution is -2.34. The standard InChI is InChI=1S/C8H7NO.C6H14N4O2.C6H13NO2.C4H5NO/c1-7-2-4-8(5-3-7)9-6-10;7-4(5(11)12)2-1-3-10-6(8)9;1-4(2)3-5(7)6(8)9;1-4-2-5-3-6-4/h2-5H,1H3;4H,1-3,7H2,(H,11,12)(H4,8,9,10);4-5H,3,7H2,1-2H3,(H,8,9);2-3H,1H3/t;4-;5-;/m.00./s1. The molecule has 0 unspecified atom stereocenters. The highest BCUT2D eigenvalue weighted by atomic mass is 16.4. The van der Waals surface area contributed by atoms with Gasteiger partial charge in [0.1, 0.15) is 17.8 Å². The van der Waals surface area contributed by atoms with Crippen molar-refractivity contribution in [3.05, 3.63) is 48.2 Å².